The van der Waals surface area contributed by atoms with Gasteiger partial charge >= 0.3 is 0 Å². The number of nitrogens with one attached hydrogen (secondary N) is 1. The lowest BCUT2D eigenvalue weighted by atomic mass is 9.91. The smallest absolute Gasteiger partial charge is 0.290 e. The lowest BCUT2D eigenvalue weighted by Gasteiger charge is -2.30. The minimum Gasteiger partial charge on any atom is -0.483 e. The molecule has 7 nitrogen and oxygen atoms in total. The number of aliphatic hydroxyl groups excluding tert-OH is 1. The number of hydrogen-bond acceptors (Lipinski definition) is 5. The Bertz CT molecular complexity index is 995. The zero-order chi connectivity index (χ0) is 23.6. The van der Waals surface area contributed by atoms with Gasteiger partial charge in [0.2, 0.25) is 0 Å². The summed E-state index contributed by atoms with van der Waals surface area (Å²) in [6.45, 7) is 3.74. The Morgan fingerprint density at radius 2 is 1.79 bits per heavy atom. The van der Waals surface area contributed by atoms with Crippen molar-refractivity contribution in [2.75, 3.05) is 18.0 Å². The van der Waals surface area contributed by atoms with Crippen LogP contribution in [0.5, 0.6) is 0 Å². The number of carboxylic acid groups (broad SMARTS) is 1. The molecule has 1 aromatic carbocycles. The van der Waals surface area contributed by atoms with Gasteiger partial charge < -0.3 is 20.1 Å². The average Bonchev–Trinajstić information content (AvgIpc) is 3.24. The summed E-state index contributed by atoms with van der Waals surface area (Å²) >= 11 is 0. The van der Waals surface area contributed by atoms with Gasteiger partial charge in [0.1, 0.15) is 17.5 Å². The summed E-state index contributed by atoms with van der Waals surface area (Å²) in [5, 5.41) is 16.5. The maximum Gasteiger partial charge on any atom is 0.290 e. The third kappa shape index (κ3) is 7.25. The first-order valence-corrected chi connectivity index (χ1v) is 11.6. The van der Waals surface area contributed by atoms with E-state index in [1.165, 1.54) is 44.2 Å². The molecular weight excluding hydrogens is 423 g/mol. The molecule has 0 atom stereocenters. The van der Waals surface area contributed by atoms with E-state index in [9.17, 15) is 9.50 Å². The van der Waals surface area contributed by atoms with Crippen LogP contribution < -0.4 is 4.90 Å². The second-order valence-electron chi connectivity index (χ2n) is 8.72. The fraction of sp³-hybridized carbons (Fsp3) is 0.480. The first kappa shape index (κ1) is 24.6. The van der Waals surface area contributed by atoms with E-state index < -0.39 is 0 Å². The van der Waals surface area contributed by atoms with Crippen LogP contribution in [-0.4, -0.2) is 50.8 Å². The van der Waals surface area contributed by atoms with Gasteiger partial charge in [0.05, 0.1) is 17.1 Å². The Morgan fingerprint density at radius 1 is 1.09 bits per heavy atom. The highest BCUT2D eigenvalue weighted by Crippen LogP contribution is 2.24. The highest BCUT2D eigenvalue weighted by Gasteiger charge is 2.18. The number of rotatable bonds is 2. The van der Waals surface area contributed by atoms with Crippen molar-refractivity contribution in [2.45, 2.75) is 58.0 Å². The van der Waals surface area contributed by atoms with Crippen LogP contribution in [-0.2, 0) is 4.79 Å². The number of aromatic amines is 1. The van der Waals surface area contributed by atoms with Gasteiger partial charge in [0.15, 0.2) is 0 Å². The Morgan fingerprint density at radius 3 is 2.36 bits per heavy atom. The quantitative estimate of drug-likeness (QED) is 0.469. The lowest BCUT2D eigenvalue weighted by molar-refractivity contribution is -0.122. The molecule has 2 fully saturated rings. The third-order valence-electron chi connectivity index (χ3n) is 6.15. The first-order valence-electron chi connectivity index (χ1n) is 11.6. The number of anilines is 1. The average molecular weight is 457 g/mol. The molecule has 178 valence electrons. The number of nitrogens with zero attached hydrogens (tertiary/aromatic N) is 3. The Hall–Kier alpha value is -3.00. The molecular formula is C25H33FN4O3. The van der Waals surface area contributed by atoms with Crippen molar-refractivity contribution in [3.8, 4) is 11.4 Å². The van der Waals surface area contributed by atoms with E-state index in [4.69, 9.17) is 9.90 Å². The molecule has 1 saturated heterocycles. The minimum absolute atomic E-state index is 0.193. The van der Waals surface area contributed by atoms with Gasteiger partial charge in [-0.3, -0.25) is 4.79 Å². The van der Waals surface area contributed by atoms with Crippen LogP contribution in [0.4, 0.5) is 10.2 Å². The number of imidazole rings is 1. The van der Waals surface area contributed by atoms with Crippen LogP contribution in [0.1, 0.15) is 51.9 Å². The summed E-state index contributed by atoms with van der Waals surface area (Å²) in [7, 11) is 0. The molecule has 3 aromatic rings. The largest absolute Gasteiger partial charge is 0.483 e. The van der Waals surface area contributed by atoms with Crippen LogP contribution in [0, 0.1) is 11.7 Å². The number of benzene rings is 1. The number of aliphatic hydroxyl groups is 1. The van der Waals surface area contributed by atoms with Gasteiger partial charge in [0.25, 0.3) is 6.47 Å². The van der Waals surface area contributed by atoms with Crippen molar-refractivity contribution in [2.24, 2.45) is 5.92 Å². The van der Waals surface area contributed by atoms with Crippen molar-refractivity contribution in [1.82, 2.24) is 15.0 Å². The topological polar surface area (TPSA) is 102 Å². The molecule has 3 heterocycles. The predicted molar refractivity (Wildman–Crippen MR) is 128 cm³/mol. The molecule has 3 N–H and O–H groups in total. The van der Waals surface area contributed by atoms with E-state index in [1.807, 2.05) is 12.1 Å². The molecule has 1 aliphatic heterocycles. The summed E-state index contributed by atoms with van der Waals surface area (Å²) in [5.41, 5.74) is 2.27. The number of H-pyrrole nitrogens is 1. The van der Waals surface area contributed by atoms with Crippen LogP contribution in [0.2, 0.25) is 0 Å². The monoisotopic (exact) mass is 456 g/mol. The Labute approximate surface area is 193 Å². The molecule has 0 unspecified atom stereocenters. The van der Waals surface area contributed by atoms with Crippen molar-refractivity contribution in [3.63, 3.8) is 0 Å². The van der Waals surface area contributed by atoms with Crippen LogP contribution in [0.25, 0.3) is 22.4 Å². The van der Waals surface area contributed by atoms with Crippen molar-refractivity contribution in [3.05, 3.63) is 42.3 Å². The summed E-state index contributed by atoms with van der Waals surface area (Å²) in [6, 6.07) is 8.42. The number of fused-ring (bicyclic) bond motifs is 1. The van der Waals surface area contributed by atoms with Crippen molar-refractivity contribution >= 4 is 23.3 Å². The van der Waals surface area contributed by atoms with E-state index in [1.54, 1.807) is 12.3 Å². The van der Waals surface area contributed by atoms with E-state index >= 15 is 0 Å². The van der Waals surface area contributed by atoms with Crippen molar-refractivity contribution < 1.29 is 19.4 Å². The molecule has 0 amide bonds. The molecule has 1 aliphatic carbocycles. The number of aromatic nitrogens is 3. The summed E-state index contributed by atoms with van der Waals surface area (Å²) < 4.78 is 13.3. The lowest BCUT2D eigenvalue weighted by Crippen LogP contribution is -2.36. The molecule has 1 saturated carbocycles. The number of halogens is 1. The Balaban J connectivity index is 0.000000257. The summed E-state index contributed by atoms with van der Waals surface area (Å²) in [6.07, 6.45) is 10.6. The predicted octanol–water partition coefficient (Wildman–Crippen LogP) is 5.01. The number of carbonyl (C=O) groups is 1. The normalized spacial score (nSPS) is 17.0. The summed E-state index contributed by atoms with van der Waals surface area (Å²) in [5.74, 6) is 2.34. The standard InChI is InChI=1S/C17H17FN4O.C7H14.CH2O2/c18-12-2-3-14-15(9-12)21-17(20-14)11-1-4-16(19-10-11)22-7-5-13(23)6-8-22;1-7-5-3-2-4-6-7;2-1-3/h1-4,9-10,13,23H,5-8H2,(H,20,21);7H,2-6H2,1H3;1H,(H,2,3). The van der Waals surface area contributed by atoms with Gasteiger partial charge in [-0.25, -0.2) is 14.4 Å². The van der Waals surface area contributed by atoms with Gasteiger partial charge in [-0.05, 0) is 49.1 Å². The second-order valence-corrected chi connectivity index (χ2v) is 8.72. The zero-order valence-corrected chi connectivity index (χ0v) is 19.1. The first-order chi connectivity index (χ1) is 16.0. The Kier molecular flexibility index (Phi) is 9.18. The SMILES string of the molecule is CC1CCCCC1.O=CO.OC1CCN(c2ccc(-c3nc4ccc(F)cc4[nH]3)cn2)CC1. The molecule has 5 rings (SSSR count). The molecule has 0 bridgehead atoms. The third-order valence-corrected chi connectivity index (χ3v) is 6.15. The highest BCUT2D eigenvalue weighted by atomic mass is 19.1. The van der Waals surface area contributed by atoms with Crippen molar-refractivity contribution in [1.29, 1.82) is 0 Å². The van der Waals surface area contributed by atoms with E-state index in [2.05, 4.69) is 26.8 Å². The zero-order valence-electron chi connectivity index (χ0n) is 19.1. The number of hydrogen-bond donors (Lipinski definition) is 3. The molecule has 0 radical (unpaired) electrons. The fourth-order valence-electron chi connectivity index (χ4n) is 4.23. The van der Waals surface area contributed by atoms with E-state index in [0.29, 0.717) is 11.3 Å². The van der Waals surface area contributed by atoms with Crippen LogP contribution in [0.3, 0.4) is 0 Å². The van der Waals surface area contributed by atoms with Gasteiger partial charge in [-0.15, -0.1) is 0 Å². The molecule has 33 heavy (non-hydrogen) atoms. The molecule has 2 aliphatic rings. The maximum atomic E-state index is 13.3. The van der Waals surface area contributed by atoms with Gasteiger partial charge in [0, 0.05) is 24.8 Å². The molecule has 0 spiro atoms. The van der Waals surface area contributed by atoms with E-state index in [-0.39, 0.29) is 18.4 Å². The van der Waals surface area contributed by atoms with Crippen LogP contribution >= 0.6 is 0 Å². The number of piperidine rings is 1. The van der Waals surface area contributed by atoms with Gasteiger partial charge in [-0.1, -0.05) is 39.0 Å². The highest BCUT2D eigenvalue weighted by molar-refractivity contribution is 5.79. The maximum absolute atomic E-state index is 13.3. The molecule has 8 heteroatoms. The van der Waals surface area contributed by atoms with E-state index in [0.717, 1.165) is 48.7 Å². The fourth-order valence-corrected chi connectivity index (χ4v) is 4.23. The second kappa shape index (κ2) is 12.3. The molecule has 2 aromatic heterocycles. The minimum atomic E-state index is -0.284. The van der Waals surface area contributed by atoms with Gasteiger partial charge in [-0.2, -0.15) is 0 Å². The number of pyridine rings is 1. The van der Waals surface area contributed by atoms with Crippen LogP contribution in [0.15, 0.2) is 36.5 Å². The summed E-state index contributed by atoms with van der Waals surface area (Å²) in [4.78, 5) is 22.6.